The third kappa shape index (κ3) is 4.11. The first kappa shape index (κ1) is 18.1. The highest BCUT2D eigenvalue weighted by Crippen LogP contribution is 2.24. The summed E-state index contributed by atoms with van der Waals surface area (Å²) >= 11 is 1.64. The summed E-state index contributed by atoms with van der Waals surface area (Å²) in [5.74, 6) is -0.0541. The number of amides is 1. The number of nitrogens with zero attached hydrogens (tertiary/aromatic N) is 1. The lowest BCUT2D eigenvalue weighted by Gasteiger charge is -2.17. The fraction of sp³-hybridized carbons (Fsp3) is 0.238. The molecular formula is C21H23N3OS. The zero-order valence-electron chi connectivity index (χ0n) is 15.5. The monoisotopic (exact) mass is 365 g/mol. The summed E-state index contributed by atoms with van der Waals surface area (Å²) in [7, 11) is 0. The number of hydrogen-bond acceptors (Lipinski definition) is 4. The summed E-state index contributed by atoms with van der Waals surface area (Å²) < 4.78 is 0. The van der Waals surface area contributed by atoms with Crippen molar-refractivity contribution < 1.29 is 4.79 Å². The first-order chi connectivity index (χ1) is 12.4. The molecule has 0 unspecified atom stereocenters. The molecule has 134 valence electrons. The Hall–Kier alpha value is -2.66. The molecule has 1 heterocycles. The Morgan fingerprint density at radius 2 is 1.69 bits per heavy atom. The third-order valence-electron chi connectivity index (χ3n) is 4.31. The Balaban J connectivity index is 1.65. The van der Waals surface area contributed by atoms with Gasteiger partial charge in [0.15, 0.2) is 0 Å². The van der Waals surface area contributed by atoms with Gasteiger partial charge in [0.1, 0.15) is 6.04 Å². The molecule has 1 atom stereocenters. The van der Waals surface area contributed by atoms with Crippen LogP contribution in [0.15, 0.2) is 47.8 Å². The Morgan fingerprint density at radius 3 is 2.27 bits per heavy atom. The van der Waals surface area contributed by atoms with Gasteiger partial charge in [-0.25, -0.2) is 4.98 Å². The highest BCUT2D eigenvalue weighted by atomic mass is 32.1. The number of carbonyl (C=O) groups is 1. The van der Waals surface area contributed by atoms with Gasteiger partial charge >= 0.3 is 0 Å². The lowest BCUT2D eigenvalue weighted by molar-refractivity contribution is -0.116. The van der Waals surface area contributed by atoms with Gasteiger partial charge < -0.3 is 10.6 Å². The highest BCUT2D eigenvalue weighted by molar-refractivity contribution is 7.09. The van der Waals surface area contributed by atoms with Gasteiger partial charge in [-0.2, -0.15) is 0 Å². The summed E-state index contributed by atoms with van der Waals surface area (Å²) in [5, 5.41) is 9.39. The molecule has 0 fully saturated rings. The number of nitrogens with one attached hydrogen (secondary N) is 2. The van der Waals surface area contributed by atoms with Crippen molar-refractivity contribution in [3.8, 4) is 11.3 Å². The number of anilines is 2. The minimum absolute atomic E-state index is 0.0541. The van der Waals surface area contributed by atoms with E-state index in [0.717, 1.165) is 38.8 Å². The van der Waals surface area contributed by atoms with Crippen molar-refractivity contribution in [2.24, 2.45) is 0 Å². The first-order valence-electron chi connectivity index (χ1n) is 8.60. The van der Waals surface area contributed by atoms with E-state index in [1.807, 2.05) is 70.2 Å². The van der Waals surface area contributed by atoms with E-state index in [1.165, 1.54) is 0 Å². The van der Waals surface area contributed by atoms with Gasteiger partial charge in [-0.1, -0.05) is 30.3 Å². The lowest BCUT2D eigenvalue weighted by atomic mass is 10.1. The predicted octanol–water partition coefficient (Wildman–Crippen LogP) is 5.17. The summed E-state index contributed by atoms with van der Waals surface area (Å²) in [4.78, 5) is 17.0. The molecule has 1 aromatic heterocycles. The minimum atomic E-state index is -0.346. The van der Waals surface area contributed by atoms with Crippen LogP contribution in [0, 0.1) is 20.8 Å². The zero-order chi connectivity index (χ0) is 18.7. The molecule has 5 heteroatoms. The van der Waals surface area contributed by atoms with Crippen LogP contribution < -0.4 is 10.6 Å². The second-order valence-electron chi connectivity index (χ2n) is 6.45. The van der Waals surface area contributed by atoms with E-state index in [4.69, 9.17) is 0 Å². The van der Waals surface area contributed by atoms with Crippen LogP contribution in [0.2, 0.25) is 0 Å². The topological polar surface area (TPSA) is 54.0 Å². The number of aromatic nitrogens is 1. The number of thiazole rings is 1. The van der Waals surface area contributed by atoms with Crippen molar-refractivity contribution in [3.63, 3.8) is 0 Å². The molecule has 0 spiro atoms. The Kier molecular flexibility index (Phi) is 5.38. The van der Waals surface area contributed by atoms with Gasteiger partial charge in [0.05, 0.1) is 10.7 Å². The molecule has 0 saturated carbocycles. The van der Waals surface area contributed by atoms with E-state index in [-0.39, 0.29) is 11.9 Å². The second-order valence-corrected chi connectivity index (χ2v) is 7.51. The van der Waals surface area contributed by atoms with Crippen LogP contribution in [-0.2, 0) is 4.79 Å². The molecule has 0 saturated heterocycles. The number of benzene rings is 2. The first-order valence-corrected chi connectivity index (χ1v) is 9.48. The SMILES string of the molecule is Cc1nc(-c2ccc(N[C@H](C)C(=O)Nc3c(C)cccc3C)cc2)cs1. The molecule has 26 heavy (non-hydrogen) atoms. The van der Waals surface area contributed by atoms with E-state index in [0.29, 0.717) is 0 Å². The Morgan fingerprint density at radius 1 is 1.04 bits per heavy atom. The highest BCUT2D eigenvalue weighted by Gasteiger charge is 2.15. The van der Waals surface area contributed by atoms with Gasteiger partial charge in [0.25, 0.3) is 0 Å². The smallest absolute Gasteiger partial charge is 0.246 e. The lowest BCUT2D eigenvalue weighted by Crippen LogP contribution is -2.32. The van der Waals surface area contributed by atoms with Gasteiger partial charge in [-0.05, 0) is 51.0 Å². The molecule has 0 aliphatic carbocycles. The third-order valence-corrected chi connectivity index (χ3v) is 5.08. The van der Waals surface area contributed by atoms with E-state index >= 15 is 0 Å². The minimum Gasteiger partial charge on any atom is -0.374 e. The molecular weight excluding hydrogens is 342 g/mol. The summed E-state index contributed by atoms with van der Waals surface area (Å²) in [6.07, 6.45) is 0. The average Bonchev–Trinajstić information content (AvgIpc) is 3.05. The van der Waals surface area contributed by atoms with E-state index in [1.54, 1.807) is 11.3 Å². The summed E-state index contributed by atoms with van der Waals surface area (Å²) in [6.45, 7) is 7.86. The maximum Gasteiger partial charge on any atom is 0.246 e. The van der Waals surface area contributed by atoms with Gasteiger partial charge in [-0.3, -0.25) is 4.79 Å². The molecule has 3 aromatic rings. The van der Waals surface area contributed by atoms with E-state index in [9.17, 15) is 4.79 Å². The molecule has 0 bridgehead atoms. The molecule has 0 radical (unpaired) electrons. The standard InChI is InChI=1S/C21H23N3OS/c1-13-6-5-7-14(2)20(13)24-21(25)15(3)22-18-10-8-17(9-11-18)19-12-26-16(4)23-19/h5-12,15,22H,1-4H3,(H,24,25)/t15-/m1/s1. The van der Waals surface area contributed by atoms with Gasteiger partial charge in [0, 0.05) is 22.3 Å². The Labute approximate surface area is 158 Å². The average molecular weight is 366 g/mol. The molecule has 2 aromatic carbocycles. The van der Waals surface area contributed by atoms with E-state index < -0.39 is 0 Å². The number of aryl methyl sites for hydroxylation is 3. The molecule has 0 aliphatic rings. The van der Waals surface area contributed by atoms with Crippen LogP contribution in [0.5, 0.6) is 0 Å². The molecule has 0 aliphatic heterocycles. The van der Waals surface area contributed by atoms with E-state index in [2.05, 4.69) is 21.0 Å². The molecule has 3 rings (SSSR count). The van der Waals surface area contributed by atoms with Crippen molar-refractivity contribution in [2.75, 3.05) is 10.6 Å². The van der Waals surface area contributed by atoms with Crippen LogP contribution >= 0.6 is 11.3 Å². The fourth-order valence-corrected chi connectivity index (χ4v) is 3.41. The number of para-hydroxylation sites is 1. The number of rotatable bonds is 5. The van der Waals surface area contributed by atoms with Gasteiger partial charge in [0.2, 0.25) is 5.91 Å². The molecule has 4 nitrogen and oxygen atoms in total. The second kappa shape index (κ2) is 7.70. The molecule has 1 amide bonds. The van der Waals surface area contributed by atoms with Crippen LogP contribution in [0.4, 0.5) is 11.4 Å². The number of carbonyl (C=O) groups excluding carboxylic acids is 1. The van der Waals surface area contributed by atoms with Crippen LogP contribution in [0.3, 0.4) is 0 Å². The summed E-state index contributed by atoms with van der Waals surface area (Å²) in [5.41, 5.74) is 5.99. The largest absolute Gasteiger partial charge is 0.374 e. The normalized spacial score (nSPS) is 11.8. The maximum atomic E-state index is 12.5. The van der Waals surface area contributed by atoms with Crippen LogP contribution in [0.1, 0.15) is 23.1 Å². The fourth-order valence-electron chi connectivity index (χ4n) is 2.79. The van der Waals surface area contributed by atoms with Crippen molar-refractivity contribution in [3.05, 3.63) is 64.0 Å². The Bertz CT molecular complexity index is 895. The number of hydrogen-bond donors (Lipinski definition) is 2. The maximum absolute atomic E-state index is 12.5. The summed E-state index contributed by atoms with van der Waals surface area (Å²) in [6, 6.07) is 13.6. The zero-order valence-corrected chi connectivity index (χ0v) is 16.3. The van der Waals surface area contributed by atoms with Crippen LogP contribution in [-0.4, -0.2) is 16.9 Å². The van der Waals surface area contributed by atoms with Gasteiger partial charge in [-0.15, -0.1) is 11.3 Å². The quantitative estimate of drug-likeness (QED) is 0.655. The molecule has 2 N–H and O–H groups in total. The van der Waals surface area contributed by atoms with Crippen molar-refractivity contribution in [1.82, 2.24) is 4.98 Å². The van der Waals surface area contributed by atoms with Crippen molar-refractivity contribution >= 4 is 28.6 Å². The van der Waals surface area contributed by atoms with Crippen molar-refractivity contribution in [2.45, 2.75) is 33.7 Å². The van der Waals surface area contributed by atoms with Crippen LogP contribution in [0.25, 0.3) is 11.3 Å². The van der Waals surface area contributed by atoms with Crippen molar-refractivity contribution in [1.29, 1.82) is 0 Å². The predicted molar refractivity (Wildman–Crippen MR) is 110 cm³/mol.